The van der Waals surface area contributed by atoms with Gasteiger partial charge in [-0.2, -0.15) is 5.26 Å². The second-order valence-electron chi connectivity index (χ2n) is 4.89. The number of hydrogen-bond acceptors (Lipinski definition) is 4. The molecule has 2 heterocycles. The molecule has 90 valence electrons. The van der Waals surface area contributed by atoms with Gasteiger partial charge in [-0.1, -0.05) is 6.92 Å². The van der Waals surface area contributed by atoms with Gasteiger partial charge in [0.15, 0.2) is 5.82 Å². The zero-order valence-electron chi connectivity index (χ0n) is 10.3. The lowest BCUT2D eigenvalue weighted by atomic mass is 9.95. The van der Waals surface area contributed by atoms with E-state index in [9.17, 15) is 0 Å². The van der Waals surface area contributed by atoms with Crippen LogP contribution in [0.3, 0.4) is 0 Å². The Morgan fingerprint density at radius 1 is 1.47 bits per heavy atom. The molecule has 1 saturated heterocycles. The van der Waals surface area contributed by atoms with Crippen molar-refractivity contribution in [1.82, 2.24) is 4.98 Å². The zero-order chi connectivity index (χ0) is 12.4. The highest BCUT2D eigenvalue weighted by atomic mass is 15.2. The molecule has 0 saturated carbocycles. The fourth-order valence-corrected chi connectivity index (χ4v) is 2.37. The first-order valence-corrected chi connectivity index (χ1v) is 6.04. The quantitative estimate of drug-likeness (QED) is 0.802. The minimum atomic E-state index is 0.440. The third-order valence-electron chi connectivity index (χ3n) is 3.48. The van der Waals surface area contributed by atoms with Crippen molar-refractivity contribution in [1.29, 1.82) is 5.26 Å². The summed E-state index contributed by atoms with van der Waals surface area (Å²) in [5.41, 5.74) is 7.03. The Morgan fingerprint density at radius 3 is 2.94 bits per heavy atom. The van der Waals surface area contributed by atoms with Gasteiger partial charge in [-0.15, -0.1) is 0 Å². The number of anilines is 2. The second kappa shape index (κ2) is 4.62. The molecule has 0 spiro atoms. The Labute approximate surface area is 102 Å². The van der Waals surface area contributed by atoms with Crippen molar-refractivity contribution < 1.29 is 0 Å². The Hall–Kier alpha value is -1.76. The molecule has 17 heavy (non-hydrogen) atoms. The molecular formula is C13H18N4. The number of aromatic nitrogens is 1. The molecule has 0 bridgehead atoms. The van der Waals surface area contributed by atoms with Crippen LogP contribution in [0.1, 0.15) is 32.3 Å². The van der Waals surface area contributed by atoms with Gasteiger partial charge in [-0.05, 0) is 31.7 Å². The van der Waals surface area contributed by atoms with E-state index in [2.05, 4.69) is 29.8 Å². The first-order valence-electron chi connectivity index (χ1n) is 6.04. The lowest BCUT2D eigenvalue weighted by molar-refractivity contribution is 0.388. The summed E-state index contributed by atoms with van der Waals surface area (Å²) in [4.78, 5) is 6.57. The van der Waals surface area contributed by atoms with Crippen LogP contribution in [0, 0.1) is 17.2 Å². The van der Waals surface area contributed by atoms with Crippen molar-refractivity contribution in [3.05, 3.63) is 17.8 Å². The van der Waals surface area contributed by atoms with Crippen LogP contribution in [-0.2, 0) is 0 Å². The molecule has 4 heteroatoms. The summed E-state index contributed by atoms with van der Waals surface area (Å²) in [5.74, 6) is 1.42. The molecule has 0 aliphatic carbocycles. The van der Waals surface area contributed by atoms with Crippen LogP contribution < -0.4 is 10.6 Å². The maximum Gasteiger partial charge on any atom is 0.153 e. The van der Waals surface area contributed by atoms with Crippen LogP contribution in [0.25, 0.3) is 0 Å². The third kappa shape index (κ3) is 2.19. The van der Waals surface area contributed by atoms with E-state index in [0.29, 0.717) is 23.2 Å². The predicted molar refractivity (Wildman–Crippen MR) is 68.6 cm³/mol. The second-order valence-corrected chi connectivity index (χ2v) is 4.89. The van der Waals surface area contributed by atoms with E-state index in [1.807, 2.05) is 0 Å². The summed E-state index contributed by atoms with van der Waals surface area (Å²) < 4.78 is 0. The van der Waals surface area contributed by atoms with Gasteiger partial charge in [0.05, 0.1) is 11.3 Å². The standard InChI is InChI=1S/C13H18N4/c1-9-3-4-10(2)17(8-9)13-12(15)11(7-14)5-6-16-13/h5-6,9-10H,3-4,8,15H2,1-2H3. The zero-order valence-corrected chi connectivity index (χ0v) is 10.3. The Bertz CT molecular complexity index is 449. The molecular weight excluding hydrogens is 212 g/mol. The van der Waals surface area contributed by atoms with Crippen molar-refractivity contribution in [2.24, 2.45) is 5.92 Å². The topological polar surface area (TPSA) is 65.9 Å². The monoisotopic (exact) mass is 230 g/mol. The van der Waals surface area contributed by atoms with Gasteiger partial charge < -0.3 is 10.6 Å². The molecule has 1 fully saturated rings. The Morgan fingerprint density at radius 2 is 2.24 bits per heavy atom. The van der Waals surface area contributed by atoms with Gasteiger partial charge in [0.2, 0.25) is 0 Å². The number of hydrogen-bond donors (Lipinski definition) is 1. The molecule has 2 rings (SSSR count). The summed E-state index contributed by atoms with van der Waals surface area (Å²) >= 11 is 0. The molecule has 0 aromatic carbocycles. The van der Waals surface area contributed by atoms with Crippen LogP contribution in [-0.4, -0.2) is 17.6 Å². The van der Waals surface area contributed by atoms with Gasteiger partial charge in [-0.25, -0.2) is 4.98 Å². The highest BCUT2D eigenvalue weighted by molar-refractivity contribution is 5.70. The van der Waals surface area contributed by atoms with E-state index in [-0.39, 0.29) is 0 Å². The van der Waals surface area contributed by atoms with Crippen LogP contribution >= 0.6 is 0 Å². The van der Waals surface area contributed by atoms with Gasteiger partial charge in [-0.3, -0.25) is 0 Å². The maximum absolute atomic E-state index is 8.98. The van der Waals surface area contributed by atoms with Crippen molar-refractivity contribution in [2.45, 2.75) is 32.7 Å². The molecule has 4 nitrogen and oxygen atoms in total. The number of nitrogens with zero attached hydrogens (tertiary/aromatic N) is 3. The maximum atomic E-state index is 8.98. The Kier molecular flexibility index (Phi) is 3.19. The number of nitrogen functional groups attached to an aromatic ring is 1. The van der Waals surface area contributed by atoms with Crippen molar-refractivity contribution in [2.75, 3.05) is 17.2 Å². The number of pyridine rings is 1. The van der Waals surface area contributed by atoms with Crippen LogP contribution in [0.5, 0.6) is 0 Å². The highest BCUT2D eigenvalue weighted by Gasteiger charge is 2.25. The van der Waals surface area contributed by atoms with Crippen molar-refractivity contribution in [3.8, 4) is 6.07 Å². The third-order valence-corrected chi connectivity index (χ3v) is 3.48. The first kappa shape index (κ1) is 11.7. The normalized spacial score (nSPS) is 24.4. The minimum Gasteiger partial charge on any atom is -0.395 e. The highest BCUT2D eigenvalue weighted by Crippen LogP contribution is 2.30. The molecule has 0 radical (unpaired) electrons. The number of nitriles is 1. The molecule has 1 aliphatic rings. The molecule has 0 amide bonds. The largest absolute Gasteiger partial charge is 0.395 e. The van der Waals surface area contributed by atoms with E-state index in [4.69, 9.17) is 11.0 Å². The predicted octanol–water partition coefficient (Wildman–Crippen LogP) is 2.16. The van der Waals surface area contributed by atoms with Crippen molar-refractivity contribution in [3.63, 3.8) is 0 Å². The van der Waals surface area contributed by atoms with Crippen LogP contribution in [0.15, 0.2) is 12.3 Å². The van der Waals surface area contributed by atoms with E-state index in [1.165, 1.54) is 6.42 Å². The molecule has 2 N–H and O–H groups in total. The molecule has 2 atom stereocenters. The van der Waals surface area contributed by atoms with Gasteiger partial charge in [0.1, 0.15) is 6.07 Å². The van der Waals surface area contributed by atoms with Crippen LogP contribution in [0.4, 0.5) is 11.5 Å². The smallest absolute Gasteiger partial charge is 0.153 e. The van der Waals surface area contributed by atoms with E-state index in [1.54, 1.807) is 12.3 Å². The fraction of sp³-hybridized carbons (Fsp3) is 0.538. The molecule has 1 aromatic heterocycles. The summed E-state index contributed by atoms with van der Waals surface area (Å²) in [6, 6.07) is 4.21. The minimum absolute atomic E-state index is 0.440. The fourth-order valence-electron chi connectivity index (χ4n) is 2.37. The van der Waals surface area contributed by atoms with E-state index in [0.717, 1.165) is 18.8 Å². The number of piperidine rings is 1. The SMILES string of the molecule is CC1CCC(C)N(c2nccc(C#N)c2N)C1. The average Bonchev–Trinajstić information content (AvgIpc) is 2.33. The summed E-state index contributed by atoms with van der Waals surface area (Å²) in [7, 11) is 0. The summed E-state index contributed by atoms with van der Waals surface area (Å²) in [6.07, 6.45) is 4.06. The van der Waals surface area contributed by atoms with Gasteiger partial charge in [0, 0.05) is 18.8 Å². The summed E-state index contributed by atoms with van der Waals surface area (Å²) in [6.45, 7) is 5.39. The van der Waals surface area contributed by atoms with E-state index >= 15 is 0 Å². The first-order chi connectivity index (χ1) is 8.13. The lowest BCUT2D eigenvalue weighted by Crippen LogP contribution is -2.42. The van der Waals surface area contributed by atoms with Crippen molar-refractivity contribution >= 4 is 11.5 Å². The lowest BCUT2D eigenvalue weighted by Gasteiger charge is -2.38. The molecule has 2 unspecified atom stereocenters. The Balaban J connectivity index is 2.36. The molecule has 1 aliphatic heterocycles. The van der Waals surface area contributed by atoms with Gasteiger partial charge >= 0.3 is 0 Å². The number of rotatable bonds is 1. The molecule has 1 aromatic rings. The van der Waals surface area contributed by atoms with Gasteiger partial charge in [0.25, 0.3) is 0 Å². The van der Waals surface area contributed by atoms with Crippen LogP contribution in [0.2, 0.25) is 0 Å². The summed E-state index contributed by atoms with van der Waals surface area (Å²) in [5, 5.41) is 8.98. The number of nitrogens with two attached hydrogens (primary N) is 1. The van der Waals surface area contributed by atoms with E-state index < -0.39 is 0 Å². The average molecular weight is 230 g/mol.